The first-order valence-corrected chi connectivity index (χ1v) is 12.2. The fourth-order valence-electron chi connectivity index (χ4n) is 4.24. The molecule has 0 aliphatic carbocycles. The molecule has 5 N–H and O–H groups in total. The topological polar surface area (TPSA) is 183 Å². The van der Waals surface area contributed by atoms with Crippen LogP contribution in [0.5, 0.6) is 11.8 Å². The maximum atomic E-state index is 10.6. The number of carboxylic acid groups (broad SMARTS) is 2. The molecular weight excluding hydrogens is 594 g/mol. The third kappa shape index (κ3) is 11.0. The molecule has 236 valence electrons. The summed E-state index contributed by atoms with van der Waals surface area (Å²) >= 11 is 0. The lowest BCUT2D eigenvalue weighted by molar-refractivity contribution is -0.193. The van der Waals surface area contributed by atoms with Gasteiger partial charge >= 0.3 is 30.3 Å². The molecule has 43 heavy (non-hydrogen) atoms. The highest BCUT2D eigenvalue weighted by Gasteiger charge is 2.40. The molecule has 0 bridgehead atoms. The zero-order valence-corrected chi connectivity index (χ0v) is 23.1. The van der Waals surface area contributed by atoms with Gasteiger partial charge in [0, 0.05) is 41.2 Å². The Morgan fingerprint density at radius 2 is 1.47 bits per heavy atom. The molecule has 0 radical (unpaired) electrons. The number of carbonyl (C=O) groups is 2. The van der Waals surface area contributed by atoms with Crippen molar-refractivity contribution >= 4 is 11.9 Å². The van der Waals surface area contributed by atoms with E-state index in [4.69, 9.17) is 24.5 Å². The predicted molar refractivity (Wildman–Crippen MR) is 137 cm³/mol. The third-order valence-electron chi connectivity index (χ3n) is 5.54. The summed E-state index contributed by atoms with van der Waals surface area (Å²) in [6, 6.07) is 7.42. The summed E-state index contributed by atoms with van der Waals surface area (Å²) in [6.45, 7) is 8.68. The summed E-state index contributed by atoms with van der Waals surface area (Å²) in [5.74, 6) is -5.41. The Bertz CT molecular complexity index is 1340. The molecule has 3 heterocycles. The Kier molecular flexibility index (Phi) is 10.7. The van der Waals surface area contributed by atoms with Gasteiger partial charge in [0.15, 0.2) is 0 Å². The van der Waals surface area contributed by atoms with Crippen LogP contribution in [0.25, 0.3) is 22.5 Å². The van der Waals surface area contributed by atoms with Gasteiger partial charge in [-0.3, -0.25) is 5.10 Å². The summed E-state index contributed by atoms with van der Waals surface area (Å²) < 4.78 is 69.5. The minimum Gasteiger partial charge on any atom is -0.507 e. The predicted octanol–water partition coefficient (Wildman–Crippen LogP) is 4.59. The molecule has 1 aliphatic heterocycles. The second-order valence-corrected chi connectivity index (χ2v) is 10.5. The lowest BCUT2D eigenvalue weighted by atomic mass is 9.81. The molecule has 3 aromatic rings. The quantitative estimate of drug-likeness (QED) is 0.257. The first-order valence-electron chi connectivity index (χ1n) is 12.2. The van der Waals surface area contributed by atoms with Crippen molar-refractivity contribution in [3.8, 4) is 34.3 Å². The summed E-state index contributed by atoms with van der Waals surface area (Å²) in [6.07, 6.45) is -5.20. The number of nitrogens with one attached hydrogen (secondary N) is 2. The minimum absolute atomic E-state index is 0.0102. The fourth-order valence-corrected chi connectivity index (χ4v) is 4.24. The first kappa shape index (κ1) is 34.7. The van der Waals surface area contributed by atoms with Crippen molar-refractivity contribution in [3.05, 3.63) is 36.7 Å². The number of rotatable bonds is 4. The summed E-state index contributed by atoms with van der Waals surface area (Å²) in [5, 5.41) is 43.4. The Balaban J connectivity index is 0.000000384. The van der Waals surface area contributed by atoms with Crippen LogP contribution >= 0.6 is 0 Å². The molecule has 2 aromatic heterocycles. The van der Waals surface area contributed by atoms with Gasteiger partial charge in [-0.05, 0) is 45.9 Å². The number of benzene rings is 1. The van der Waals surface area contributed by atoms with E-state index in [1.165, 1.54) is 0 Å². The number of aromatic hydroxyl groups is 1. The highest BCUT2D eigenvalue weighted by molar-refractivity contribution is 5.73. The number of alkyl halides is 6. The molecule has 4 rings (SSSR count). The Morgan fingerprint density at radius 1 is 0.930 bits per heavy atom. The van der Waals surface area contributed by atoms with Crippen molar-refractivity contribution in [2.45, 2.75) is 70.1 Å². The molecule has 18 heteroatoms. The van der Waals surface area contributed by atoms with Crippen LogP contribution < -0.4 is 10.1 Å². The van der Waals surface area contributed by atoms with Crippen molar-refractivity contribution in [3.63, 3.8) is 0 Å². The van der Waals surface area contributed by atoms with Crippen LogP contribution in [0.1, 0.15) is 40.5 Å². The van der Waals surface area contributed by atoms with Crippen LogP contribution in [0.4, 0.5) is 26.3 Å². The normalized spacial score (nSPS) is 16.1. The van der Waals surface area contributed by atoms with E-state index >= 15 is 0 Å². The molecule has 1 aromatic carbocycles. The molecule has 0 unspecified atom stereocenters. The number of hydrogen-bond acceptors (Lipinski definition) is 9. The van der Waals surface area contributed by atoms with Gasteiger partial charge in [-0.25, -0.2) is 14.6 Å². The van der Waals surface area contributed by atoms with Crippen molar-refractivity contribution < 1.29 is 56.0 Å². The molecule has 0 spiro atoms. The van der Waals surface area contributed by atoms with Crippen molar-refractivity contribution in [1.29, 1.82) is 0 Å². The summed E-state index contributed by atoms with van der Waals surface area (Å²) in [7, 11) is 0. The molecule has 1 saturated heterocycles. The number of hydrogen-bond donors (Lipinski definition) is 5. The summed E-state index contributed by atoms with van der Waals surface area (Å²) in [4.78, 5) is 22.1. The van der Waals surface area contributed by atoms with Gasteiger partial charge < -0.3 is 25.4 Å². The number of piperidine rings is 1. The Hall–Kier alpha value is -4.48. The molecule has 0 amide bonds. The number of nitrogens with zero attached hydrogens (tertiary/aromatic N) is 4. The van der Waals surface area contributed by atoms with E-state index in [1.807, 2.05) is 12.1 Å². The Labute approximate surface area is 240 Å². The molecule has 12 nitrogen and oxygen atoms in total. The molecule has 1 fully saturated rings. The first-order chi connectivity index (χ1) is 19.6. The van der Waals surface area contributed by atoms with Gasteiger partial charge in [0.1, 0.15) is 17.5 Å². The monoisotopic (exact) mass is 622 g/mol. The standard InChI is InChI=1S/C21H26N6O2.2C2HF3O2/c1-20(2)10-14(11-21(3,4)27-20)29-19-22-12-17(25-26-19)15-6-5-13(9-18(15)28)16-7-8-23-24-16;2*3-2(4,5)1(6)7/h5-9,12,14,27-28H,10-11H2,1-4H3,(H,23,24);2*(H,6,7). The van der Waals surface area contributed by atoms with E-state index in [0.717, 1.165) is 24.1 Å². The summed E-state index contributed by atoms with van der Waals surface area (Å²) in [5.41, 5.74) is 2.65. The maximum absolute atomic E-state index is 10.6. The lowest BCUT2D eigenvalue weighted by Gasteiger charge is -2.45. The van der Waals surface area contributed by atoms with Crippen molar-refractivity contribution in [2.75, 3.05) is 0 Å². The average Bonchev–Trinajstić information content (AvgIpc) is 3.37. The van der Waals surface area contributed by atoms with E-state index < -0.39 is 24.3 Å². The highest BCUT2D eigenvalue weighted by Crippen LogP contribution is 2.33. The number of H-pyrrole nitrogens is 1. The minimum atomic E-state index is -5.08. The van der Waals surface area contributed by atoms with Crippen LogP contribution in [-0.2, 0) is 9.59 Å². The van der Waals surface area contributed by atoms with Gasteiger partial charge in [-0.15, -0.1) is 5.10 Å². The van der Waals surface area contributed by atoms with Crippen LogP contribution in [0.3, 0.4) is 0 Å². The number of phenols is 1. The smallest absolute Gasteiger partial charge is 0.490 e. The third-order valence-corrected chi connectivity index (χ3v) is 5.54. The zero-order chi connectivity index (χ0) is 32.8. The van der Waals surface area contributed by atoms with Gasteiger partial charge in [-0.1, -0.05) is 11.2 Å². The van der Waals surface area contributed by atoms with Gasteiger partial charge in [0.2, 0.25) is 0 Å². The van der Waals surface area contributed by atoms with Crippen molar-refractivity contribution in [1.82, 2.24) is 30.7 Å². The number of ether oxygens (including phenoxy) is 1. The van der Waals surface area contributed by atoms with Gasteiger partial charge in [0.05, 0.1) is 11.9 Å². The van der Waals surface area contributed by atoms with Gasteiger partial charge in [0.25, 0.3) is 0 Å². The van der Waals surface area contributed by atoms with E-state index in [-0.39, 0.29) is 28.9 Å². The molecule has 0 saturated carbocycles. The van der Waals surface area contributed by atoms with E-state index in [9.17, 15) is 31.4 Å². The van der Waals surface area contributed by atoms with Crippen LogP contribution in [0, 0.1) is 0 Å². The largest absolute Gasteiger partial charge is 0.507 e. The maximum Gasteiger partial charge on any atom is 0.490 e. The Morgan fingerprint density at radius 3 is 1.86 bits per heavy atom. The number of aliphatic carboxylic acids is 2. The van der Waals surface area contributed by atoms with Crippen molar-refractivity contribution in [2.24, 2.45) is 0 Å². The van der Waals surface area contributed by atoms with Crippen LogP contribution in [-0.4, -0.2) is 82.2 Å². The fraction of sp³-hybridized carbons (Fsp3) is 0.440. The lowest BCUT2D eigenvalue weighted by Crippen LogP contribution is -2.60. The number of phenolic OH excluding ortho intramolecular Hbond substituents is 1. The molecular formula is C25H28F6N6O6. The molecule has 1 aliphatic rings. The van der Waals surface area contributed by atoms with E-state index in [2.05, 4.69) is 58.4 Å². The van der Waals surface area contributed by atoms with E-state index in [0.29, 0.717) is 11.3 Å². The van der Waals surface area contributed by atoms with Crippen LogP contribution in [0.15, 0.2) is 36.7 Å². The number of carboxylic acids is 2. The zero-order valence-electron chi connectivity index (χ0n) is 23.1. The van der Waals surface area contributed by atoms with Gasteiger partial charge in [-0.2, -0.15) is 31.4 Å². The number of halogens is 6. The van der Waals surface area contributed by atoms with Crippen LogP contribution in [0.2, 0.25) is 0 Å². The number of aromatic nitrogens is 5. The number of aromatic amines is 1. The second kappa shape index (κ2) is 13.2. The second-order valence-electron chi connectivity index (χ2n) is 10.5. The highest BCUT2D eigenvalue weighted by atomic mass is 19.4. The molecule has 0 atom stereocenters. The average molecular weight is 623 g/mol. The SMILES string of the molecule is CC1(C)CC(Oc2ncc(-c3ccc(-c4ccn[nH]4)cc3O)nn2)CC(C)(C)N1.O=C(O)C(F)(F)F.O=C(O)C(F)(F)F. The van der Waals surface area contributed by atoms with E-state index in [1.54, 1.807) is 24.5 Å².